The minimum atomic E-state index is 0.0638. The van der Waals surface area contributed by atoms with E-state index in [1.165, 1.54) is 0 Å². The van der Waals surface area contributed by atoms with Crippen molar-refractivity contribution >= 4 is 0 Å². The van der Waals surface area contributed by atoms with Crippen molar-refractivity contribution in [2.45, 2.75) is 19.9 Å². The van der Waals surface area contributed by atoms with E-state index in [0.29, 0.717) is 6.61 Å². The minimum absolute atomic E-state index is 0.0638. The van der Waals surface area contributed by atoms with E-state index in [9.17, 15) is 0 Å². The van der Waals surface area contributed by atoms with Gasteiger partial charge >= 0.3 is 0 Å². The molecular weight excluding hydrogens is 238 g/mol. The van der Waals surface area contributed by atoms with Crippen LogP contribution in [-0.4, -0.2) is 22.9 Å². The predicted molar refractivity (Wildman–Crippen MR) is 76.3 cm³/mol. The average molecular weight is 259 g/mol. The first-order valence-corrected chi connectivity index (χ1v) is 6.70. The number of aryl methyl sites for hydroxylation is 1. The first-order valence-electron chi connectivity index (χ1n) is 6.70. The lowest BCUT2D eigenvalue weighted by Gasteiger charge is -2.19. The summed E-state index contributed by atoms with van der Waals surface area (Å²) in [6.45, 7) is 5.64. The number of rotatable bonds is 6. The van der Waals surface area contributed by atoms with Crippen molar-refractivity contribution in [2.24, 2.45) is 7.05 Å². The summed E-state index contributed by atoms with van der Waals surface area (Å²) in [5.74, 6) is 0.918. The van der Waals surface area contributed by atoms with Gasteiger partial charge in [-0.2, -0.15) is 5.10 Å². The van der Waals surface area contributed by atoms with E-state index in [2.05, 4.69) is 23.4 Å². The van der Waals surface area contributed by atoms with Gasteiger partial charge < -0.3 is 10.1 Å². The van der Waals surface area contributed by atoms with Crippen molar-refractivity contribution in [2.75, 3.05) is 13.2 Å². The van der Waals surface area contributed by atoms with Gasteiger partial charge in [-0.3, -0.25) is 4.68 Å². The molecule has 0 saturated heterocycles. The zero-order valence-corrected chi connectivity index (χ0v) is 11.8. The standard InChI is InChI=1S/C15H21N3O/c1-4-16-15(13-10-11-18(3)17-13)12-8-6-7-9-14(12)19-5-2/h6-11,15-16H,4-5H2,1-3H3. The highest BCUT2D eigenvalue weighted by Crippen LogP contribution is 2.29. The molecule has 4 nitrogen and oxygen atoms in total. The molecule has 2 aromatic rings. The van der Waals surface area contributed by atoms with E-state index in [-0.39, 0.29) is 6.04 Å². The highest BCUT2D eigenvalue weighted by atomic mass is 16.5. The number of para-hydroxylation sites is 1. The van der Waals surface area contributed by atoms with Crippen LogP contribution in [0, 0.1) is 0 Å². The monoisotopic (exact) mass is 259 g/mol. The minimum Gasteiger partial charge on any atom is -0.494 e. The molecule has 0 saturated carbocycles. The normalized spacial score (nSPS) is 12.4. The summed E-state index contributed by atoms with van der Waals surface area (Å²) >= 11 is 0. The molecule has 0 aliphatic heterocycles. The molecule has 1 atom stereocenters. The van der Waals surface area contributed by atoms with Crippen molar-refractivity contribution in [3.8, 4) is 5.75 Å². The number of ether oxygens (including phenoxy) is 1. The Bertz CT molecular complexity index is 522. The third-order valence-electron chi connectivity index (χ3n) is 2.97. The summed E-state index contributed by atoms with van der Waals surface area (Å²) in [7, 11) is 1.93. The van der Waals surface area contributed by atoms with E-state index in [4.69, 9.17) is 4.74 Å². The molecule has 0 amide bonds. The van der Waals surface area contributed by atoms with Crippen LogP contribution in [0.4, 0.5) is 0 Å². The van der Waals surface area contributed by atoms with Gasteiger partial charge in [0.15, 0.2) is 0 Å². The first kappa shape index (κ1) is 13.6. The van der Waals surface area contributed by atoms with Crippen molar-refractivity contribution in [1.29, 1.82) is 0 Å². The summed E-state index contributed by atoms with van der Waals surface area (Å²) in [6, 6.07) is 10.2. The Morgan fingerprint density at radius 3 is 2.68 bits per heavy atom. The molecule has 19 heavy (non-hydrogen) atoms. The quantitative estimate of drug-likeness (QED) is 0.866. The van der Waals surface area contributed by atoms with Gasteiger partial charge in [0.05, 0.1) is 18.3 Å². The molecule has 1 aromatic heterocycles. The Kier molecular flexibility index (Phi) is 4.58. The zero-order chi connectivity index (χ0) is 13.7. The van der Waals surface area contributed by atoms with Gasteiger partial charge in [-0.15, -0.1) is 0 Å². The Morgan fingerprint density at radius 1 is 1.26 bits per heavy atom. The Balaban J connectivity index is 2.38. The van der Waals surface area contributed by atoms with E-state index in [0.717, 1.165) is 23.6 Å². The fraction of sp³-hybridized carbons (Fsp3) is 0.400. The zero-order valence-electron chi connectivity index (χ0n) is 11.8. The van der Waals surface area contributed by atoms with Gasteiger partial charge in [0.2, 0.25) is 0 Å². The lowest BCUT2D eigenvalue weighted by atomic mass is 10.0. The van der Waals surface area contributed by atoms with Crippen molar-refractivity contribution < 1.29 is 4.74 Å². The molecular formula is C15H21N3O. The van der Waals surface area contributed by atoms with Gasteiger partial charge in [-0.05, 0) is 25.6 Å². The molecule has 1 heterocycles. The van der Waals surface area contributed by atoms with Crippen molar-refractivity contribution in [1.82, 2.24) is 15.1 Å². The van der Waals surface area contributed by atoms with E-state index in [1.54, 1.807) is 0 Å². The molecule has 2 rings (SSSR count). The predicted octanol–water partition coefficient (Wildman–Crippen LogP) is 2.52. The van der Waals surface area contributed by atoms with E-state index in [1.807, 2.05) is 49.1 Å². The van der Waals surface area contributed by atoms with Crippen molar-refractivity contribution in [3.63, 3.8) is 0 Å². The topological polar surface area (TPSA) is 39.1 Å². The average Bonchev–Trinajstić information content (AvgIpc) is 2.84. The van der Waals surface area contributed by atoms with Crippen LogP contribution in [0.5, 0.6) is 5.75 Å². The van der Waals surface area contributed by atoms with Crippen LogP contribution in [0.2, 0.25) is 0 Å². The van der Waals surface area contributed by atoms with Crippen LogP contribution in [0.3, 0.4) is 0 Å². The molecule has 0 spiro atoms. The van der Waals surface area contributed by atoms with Crippen molar-refractivity contribution in [3.05, 3.63) is 47.8 Å². The summed E-state index contributed by atoms with van der Waals surface area (Å²) in [6.07, 6.45) is 1.96. The highest BCUT2D eigenvalue weighted by Gasteiger charge is 2.19. The number of hydrogen-bond donors (Lipinski definition) is 1. The van der Waals surface area contributed by atoms with Crippen LogP contribution in [0.1, 0.15) is 31.1 Å². The molecule has 0 aliphatic rings. The van der Waals surface area contributed by atoms with Crippen LogP contribution >= 0.6 is 0 Å². The second kappa shape index (κ2) is 6.38. The third-order valence-corrected chi connectivity index (χ3v) is 2.97. The Labute approximate surface area is 114 Å². The van der Waals surface area contributed by atoms with Gasteiger partial charge in [0.25, 0.3) is 0 Å². The summed E-state index contributed by atoms with van der Waals surface area (Å²) in [5, 5.41) is 7.98. The van der Waals surface area contributed by atoms with E-state index < -0.39 is 0 Å². The summed E-state index contributed by atoms with van der Waals surface area (Å²) in [5.41, 5.74) is 2.14. The molecule has 0 aliphatic carbocycles. The fourth-order valence-electron chi connectivity index (χ4n) is 2.17. The Morgan fingerprint density at radius 2 is 2.05 bits per heavy atom. The number of aromatic nitrogens is 2. The molecule has 0 bridgehead atoms. The Hall–Kier alpha value is -1.81. The molecule has 1 N–H and O–H groups in total. The lowest BCUT2D eigenvalue weighted by Crippen LogP contribution is -2.23. The molecule has 1 unspecified atom stereocenters. The van der Waals surface area contributed by atoms with Crippen LogP contribution in [0.15, 0.2) is 36.5 Å². The molecule has 4 heteroatoms. The molecule has 1 aromatic carbocycles. The first-order chi connectivity index (χ1) is 9.26. The maximum Gasteiger partial charge on any atom is 0.124 e. The fourth-order valence-corrected chi connectivity index (χ4v) is 2.17. The van der Waals surface area contributed by atoms with Gasteiger partial charge in [-0.1, -0.05) is 25.1 Å². The third kappa shape index (κ3) is 3.15. The van der Waals surface area contributed by atoms with Gasteiger partial charge in [0.1, 0.15) is 5.75 Å². The lowest BCUT2D eigenvalue weighted by molar-refractivity contribution is 0.333. The van der Waals surface area contributed by atoms with Crippen LogP contribution in [0.25, 0.3) is 0 Å². The van der Waals surface area contributed by atoms with Gasteiger partial charge in [0, 0.05) is 18.8 Å². The van der Waals surface area contributed by atoms with Crippen LogP contribution in [-0.2, 0) is 7.05 Å². The summed E-state index contributed by atoms with van der Waals surface area (Å²) < 4.78 is 7.54. The van der Waals surface area contributed by atoms with Crippen LogP contribution < -0.4 is 10.1 Å². The largest absolute Gasteiger partial charge is 0.494 e. The summed E-state index contributed by atoms with van der Waals surface area (Å²) in [4.78, 5) is 0. The maximum atomic E-state index is 5.72. The number of benzene rings is 1. The number of hydrogen-bond acceptors (Lipinski definition) is 3. The second-order valence-electron chi connectivity index (χ2n) is 4.38. The SMILES string of the molecule is CCNC(c1ccn(C)n1)c1ccccc1OCC. The molecule has 0 radical (unpaired) electrons. The molecule has 0 fully saturated rings. The highest BCUT2D eigenvalue weighted by molar-refractivity contribution is 5.39. The molecule has 102 valence electrons. The number of nitrogens with zero attached hydrogens (tertiary/aromatic N) is 2. The second-order valence-corrected chi connectivity index (χ2v) is 4.38. The van der Waals surface area contributed by atoms with E-state index >= 15 is 0 Å². The van der Waals surface area contributed by atoms with Gasteiger partial charge in [-0.25, -0.2) is 0 Å². The smallest absolute Gasteiger partial charge is 0.124 e. The maximum absolute atomic E-state index is 5.72. The number of nitrogens with one attached hydrogen (secondary N) is 1.